The number of ether oxygens (including phenoxy) is 4. The average Bonchev–Trinajstić information content (AvgIpc) is 1.57. The normalized spacial score (nSPS) is 19.9. The van der Waals surface area contributed by atoms with Crippen LogP contribution in [0.15, 0.2) is 48.8 Å². The second kappa shape index (κ2) is 33.1. The summed E-state index contributed by atoms with van der Waals surface area (Å²) in [6, 6.07) is 12.0. The second-order valence-electron chi connectivity index (χ2n) is 30.7. The topological polar surface area (TPSA) is 341 Å². The van der Waals surface area contributed by atoms with E-state index in [0.717, 1.165) is 131 Å². The van der Waals surface area contributed by atoms with E-state index >= 15 is 0 Å². The van der Waals surface area contributed by atoms with Gasteiger partial charge in [-0.1, -0.05) is 48.0 Å². The largest absolute Gasteiger partial charge is 0.466 e. The van der Waals surface area contributed by atoms with E-state index < -0.39 is 40.1 Å². The minimum Gasteiger partial charge on any atom is -0.466 e. The highest BCUT2D eigenvalue weighted by atomic mass is 16.5. The van der Waals surface area contributed by atoms with Gasteiger partial charge in [0, 0.05) is 97.1 Å². The van der Waals surface area contributed by atoms with Crippen LogP contribution in [-0.2, 0) is 92.8 Å². The minimum absolute atomic E-state index is 0.00565. The summed E-state index contributed by atoms with van der Waals surface area (Å²) >= 11 is 0. The number of carbonyl (C=O) groups is 8. The molecule has 6 aromatic rings. The number of aromatic amines is 3. The highest BCUT2D eigenvalue weighted by Gasteiger charge is 2.58. The predicted octanol–water partition coefficient (Wildman–Crippen LogP) is 11.0. The molecule has 3 aromatic carbocycles. The number of aliphatic hydroxyl groups excluding tert-OH is 3. The number of H-pyrrole nitrogens is 3. The lowest BCUT2D eigenvalue weighted by molar-refractivity contribution is -0.152. The molecule has 0 spiro atoms. The van der Waals surface area contributed by atoms with Crippen molar-refractivity contribution in [1.29, 1.82) is 0 Å². The molecule has 5 aliphatic heterocycles. The van der Waals surface area contributed by atoms with Crippen molar-refractivity contribution < 1.29 is 72.6 Å². The summed E-state index contributed by atoms with van der Waals surface area (Å²) in [5.41, 5.74) is 12.9. The van der Waals surface area contributed by atoms with Gasteiger partial charge in [-0.3, -0.25) is 48.6 Å². The third-order valence-corrected chi connectivity index (χ3v) is 22.1. The molecule has 0 saturated heterocycles. The first-order valence-corrected chi connectivity index (χ1v) is 38.5. The third-order valence-electron chi connectivity index (χ3n) is 22.1. The molecule has 3 aromatic heterocycles. The van der Waals surface area contributed by atoms with Crippen LogP contribution in [0.25, 0.3) is 22.3 Å². The van der Waals surface area contributed by atoms with E-state index in [0.29, 0.717) is 55.9 Å². The van der Waals surface area contributed by atoms with Crippen molar-refractivity contribution in [3.63, 3.8) is 0 Å². The molecule has 8 aliphatic rings. The van der Waals surface area contributed by atoms with E-state index in [4.69, 9.17) is 24.1 Å². The van der Waals surface area contributed by atoms with Gasteiger partial charge in [-0.15, -0.1) is 0 Å². The highest BCUT2D eigenvalue weighted by Crippen LogP contribution is 2.57. The van der Waals surface area contributed by atoms with E-state index in [1.807, 2.05) is 49.3 Å². The number of Topliss-reactive ketones (excluding diaryl/α,β-unsaturated/α-hetero) is 1. The number of esters is 4. The molecule has 14 rings (SSSR count). The monoisotopic (exact) mass is 1460 g/mol. The van der Waals surface area contributed by atoms with Crippen LogP contribution in [-0.4, -0.2) is 160 Å². The Bertz CT molecular complexity index is 4210. The van der Waals surface area contributed by atoms with Gasteiger partial charge in [0.2, 0.25) is 17.7 Å². The number of hydrogen-bond donors (Lipinski definition) is 8. The molecular formula is C81H108N10O15. The van der Waals surface area contributed by atoms with Crippen LogP contribution < -0.4 is 25.3 Å². The zero-order valence-electron chi connectivity index (χ0n) is 63.5. The van der Waals surface area contributed by atoms with Crippen molar-refractivity contribution in [3.8, 4) is 11.4 Å². The summed E-state index contributed by atoms with van der Waals surface area (Å²) in [6.45, 7) is 23.3. The standard InChI is InChI=1S/C28H36N4O5.C27H36N2O6.C24H30N4O3.C2H6O/c1-5-36-23(33)12-28(13-24(34)37-6-2)20-11-21-19(10-22(20)32(27(28)35)15-16(3)4)18-9-7-8-17-14-29-31-25(17)26(18)30-21;1-5-34-23(31)13-27(14-24(32)35-6-2)19-12-20-18(11-21(19)29(26(27)33)15-16(3)4)17-9-7-8-10-22(30)25(17)28-20;1-14(2)13-28-20-10-17-16-5-3-4-15-12-25-27-21(15)22(16)26-19(17)11-18(20)24(6-8-29,7-9-30)23(28)31;1-2-3/h10-11,14,16,18,26,30H,5-9,12-13,15H2,1-4H3,(H,29,31);11-12,16-17,25,28H,5-10,13-15H2,1-4H3;10-12,14,26,29-30H,3-9,13H2,1-2H3,(H,25,27);3H,2H2,1H3. The number of amides is 3. The summed E-state index contributed by atoms with van der Waals surface area (Å²) in [5.74, 6) is -1.40. The van der Waals surface area contributed by atoms with Gasteiger partial charge in [-0.25, -0.2) is 0 Å². The molecule has 8 N–H and O–H groups in total. The summed E-state index contributed by atoms with van der Waals surface area (Å²) in [4.78, 5) is 115. The maximum atomic E-state index is 14.2. The van der Waals surface area contributed by atoms with Gasteiger partial charge in [0.15, 0.2) is 5.78 Å². The number of nitrogens with one attached hydrogen (secondary N) is 5. The van der Waals surface area contributed by atoms with Gasteiger partial charge >= 0.3 is 23.9 Å². The van der Waals surface area contributed by atoms with Crippen LogP contribution in [0, 0.1) is 17.8 Å². The van der Waals surface area contributed by atoms with Crippen LogP contribution in [0.1, 0.15) is 228 Å². The Morgan fingerprint density at radius 3 is 1.43 bits per heavy atom. The average molecular weight is 1460 g/mol. The maximum absolute atomic E-state index is 14.2. The van der Waals surface area contributed by atoms with Crippen LogP contribution >= 0.6 is 0 Å². The molecule has 106 heavy (non-hydrogen) atoms. The number of ketones is 1. The Hall–Kier alpha value is -8.94. The number of aryl methyl sites for hydroxylation is 3. The van der Waals surface area contributed by atoms with Crippen LogP contribution in [0.4, 0.5) is 28.4 Å². The molecule has 1 saturated carbocycles. The molecule has 572 valence electrons. The van der Waals surface area contributed by atoms with E-state index in [1.165, 1.54) is 16.7 Å². The Labute approximate surface area is 620 Å². The van der Waals surface area contributed by atoms with Gasteiger partial charge in [0.1, 0.15) is 0 Å². The van der Waals surface area contributed by atoms with Crippen molar-refractivity contribution >= 4 is 86.7 Å². The maximum Gasteiger partial charge on any atom is 0.307 e. The Kier molecular flexibility index (Phi) is 24.4. The molecular weight excluding hydrogens is 1350 g/mol. The first kappa shape index (κ1) is 78.1. The molecule has 25 heteroatoms. The first-order chi connectivity index (χ1) is 50.9. The van der Waals surface area contributed by atoms with Gasteiger partial charge in [-0.05, 0) is 197 Å². The van der Waals surface area contributed by atoms with Crippen molar-refractivity contribution in [1.82, 2.24) is 25.4 Å². The summed E-state index contributed by atoms with van der Waals surface area (Å²) in [6.07, 6.45) is 12.9. The van der Waals surface area contributed by atoms with E-state index in [1.54, 1.807) is 44.4 Å². The van der Waals surface area contributed by atoms with E-state index in [2.05, 4.69) is 81.9 Å². The SMILES string of the molecule is CC(C)CN1C(=O)C(CCO)(CCO)c2cc3[nH]c4c(c3cc21)CCCc1cn[nH]c1-4.CCO.CCOC(=O)CC1(CC(=O)OCC)C(=O)N(CC(C)C)c2cc3c(cc21)NC1C(=O)CCCCC31.CCOC(=O)CC1(CC(=O)OCC)C(=O)N(CC(C)C)c2cc3c(cc21)NC1c2[nH]ncc2CCCC31. The molecule has 8 heterocycles. The summed E-state index contributed by atoms with van der Waals surface area (Å²) in [7, 11) is 0. The number of aromatic nitrogens is 5. The molecule has 3 aliphatic carbocycles. The van der Waals surface area contributed by atoms with Gasteiger partial charge in [0.05, 0.1) is 110 Å². The Morgan fingerprint density at radius 1 is 0.509 bits per heavy atom. The van der Waals surface area contributed by atoms with Crippen molar-refractivity contribution in [2.75, 3.05) is 91.2 Å². The van der Waals surface area contributed by atoms with E-state index in [9.17, 15) is 48.6 Å². The molecule has 3 amide bonds. The number of fused-ring (bicyclic) bond motifs is 16. The molecule has 1 fully saturated rings. The van der Waals surface area contributed by atoms with Crippen LogP contribution in [0.3, 0.4) is 0 Å². The van der Waals surface area contributed by atoms with E-state index in [-0.39, 0.29) is 131 Å². The van der Waals surface area contributed by atoms with Crippen LogP contribution in [0.2, 0.25) is 0 Å². The quantitative estimate of drug-likeness (QED) is 0.0231. The number of benzene rings is 3. The zero-order chi connectivity index (χ0) is 76.1. The number of hydrogen-bond acceptors (Lipinski definition) is 19. The van der Waals surface area contributed by atoms with Crippen molar-refractivity contribution in [2.45, 2.75) is 219 Å². The highest BCUT2D eigenvalue weighted by molar-refractivity contribution is 6.14. The lowest BCUT2D eigenvalue weighted by Crippen LogP contribution is -2.45. The summed E-state index contributed by atoms with van der Waals surface area (Å²) in [5, 5.41) is 50.3. The Morgan fingerprint density at radius 2 is 0.943 bits per heavy atom. The second-order valence-corrected chi connectivity index (χ2v) is 30.7. The van der Waals surface area contributed by atoms with Gasteiger partial charge in [-0.2, -0.15) is 10.2 Å². The number of aliphatic hydroxyl groups is 3. The van der Waals surface area contributed by atoms with Crippen molar-refractivity contribution in [2.24, 2.45) is 17.8 Å². The fraction of sp³-hybridized carbons (Fsp3) is 0.580. The fourth-order valence-corrected chi connectivity index (χ4v) is 17.8. The molecule has 0 bridgehead atoms. The molecule has 0 radical (unpaired) electrons. The number of nitrogens with zero attached hydrogens (tertiary/aromatic N) is 5. The fourth-order valence-electron chi connectivity index (χ4n) is 17.8. The van der Waals surface area contributed by atoms with Gasteiger partial charge < -0.3 is 64.6 Å². The lowest BCUT2D eigenvalue weighted by Gasteiger charge is -2.28. The predicted molar refractivity (Wildman–Crippen MR) is 403 cm³/mol. The Balaban J connectivity index is 0.000000156. The van der Waals surface area contributed by atoms with Gasteiger partial charge in [0.25, 0.3) is 0 Å². The lowest BCUT2D eigenvalue weighted by atomic mass is 9.75. The summed E-state index contributed by atoms with van der Waals surface area (Å²) < 4.78 is 21.0. The molecule has 4 unspecified atom stereocenters. The molecule has 25 nitrogen and oxygen atoms in total. The number of anilines is 5. The molecule has 4 atom stereocenters. The minimum atomic E-state index is -1.41. The van der Waals surface area contributed by atoms with Crippen LogP contribution in [0.5, 0.6) is 0 Å². The first-order valence-electron chi connectivity index (χ1n) is 38.5. The zero-order valence-corrected chi connectivity index (χ0v) is 63.5. The van der Waals surface area contributed by atoms with Crippen molar-refractivity contribution in [3.05, 3.63) is 99.0 Å². The number of carbonyl (C=O) groups excluding carboxylic acids is 8. The smallest absolute Gasteiger partial charge is 0.307 e. The third kappa shape index (κ3) is 14.8. The number of rotatable bonds is 22.